The molecule has 0 fully saturated rings. The van der Waals surface area contributed by atoms with Crippen molar-refractivity contribution in [2.24, 2.45) is 0 Å². The molecule has 7 nitrogen and oxygen atoms in total. The minimum Gasteiger partial charge on any atom is -0.480 e. The average Bonchev–Trinajstić information content (AvgIpc) is 2.87. The molecule has 0 saturated heterocycles. The number of aliphatic hydroxyl groups excluding tert-OH is 1. The largest absolute Gasteiger partial charge is 0.480 e. The van der Waals surface area contributed by atoms with Crippen LogP contribution >= 0.6 is 0 Å². The number of amides is 1. The van der Waals surface area contributed by atoms with Gasteiger partial charge in [0.05, 0.1) is 11.0 Å². The molecule has 0 unspecified atom stereocenters. The molecule has 112 valence electrons. The molecule has 7 heteroatoms. The van der Waals surface area contributed by atoms with Crippen LogP contribution in [0.4, 0.5) is 0 Å². The highest BCUT2D eigenvalue weighted by molar-refractivity contribution is 5.83. The number of rotatable bonds is 7. The standard InChI is InChI=1S/C14H17N3O4/c18-8-7-11(14(20)21)17-13(19)6-5-12-15-9-3-1-2-4-10(9)16-12/h1-4,11,18H,5-8H2,(H,15,16)(H,17,19)(H,20,21)/t11-/m1/s1. The number of benzene rings is 1. The van der Waals surface area contributed by atoms with Gasteiger partial charge in [-0.2, -0.15) is 0 Å². The van der Waals surface area contributed by atoms with Gasteiger partial charge < -0.3 is 20.5 Å². The first-order valence-corrected chi connectivity index (χ1v) is 6.67. The number of aliphatic hydroxyl groups is 1. The lowest BCUT2D eigenvalue weighted by Crippen LogP contribution is -2.41. The molecule has 2 rings (SSSR count). The van der Waals surface area contributed by atoms with E-state index in [0.717, 1.165) is 11.0 Å². The molecule has 4 N–H and O–H groups in total. The normalized spacial score (nSPS) is 12.2. The van der Waals surface area contributed by atoms with Crippen molar-refractivity contribution >= 4 is 22.9 Å². The highest BCUT2D eigenvalue weighted by Crippen LogP contribution is 2.11. The molecule has 1 heterocycles. The quantitative estimate of drug-likeness (QED) is 0.591. The highest BCUT2D eigenvalue weighted by atomic mass is 16.4. The first-order chi connectivity index (χ1) is 10.1. The zero-order valence-corrected chi connectivity index (χ0v) is 11.4. The molecular weight excluding hydrogens is 274 g/mol. The third kappa shape index (κ3) is 4.03. The predicted octanol–water partition coefficient (Wildman–Crippen LogP) is 0.447. The molecule has 0 aliphatic rings. The molecule has 0 aliphatic heterocycles. The molecule has 1 atom stereocenters. The molecule has 2 aromatic rings. The van der Waals surface area contributed by atoms with Crippen molar-refractivity contribution < 1.29 is 19.8 Å². The summed E-state index contributed by atoms with van der Waals surface area (Å²) in [4.78, 5) is 30.0. The summed E-state index contributed by atoms with van der Waals surface area (Å²) in [5.74, 6) is -0.849. The molecule has 0 aliphatic carbocycles. The number of nitrogens with one attached hydrogen (secondary N) is 2. The molecule has 21 heavy (non-hydrogen) atoms. The fourth-order valence-electron chi connectivity index (χ4n) is 2.01. The van der Waals surface area contributed by atoms with Gasteiger partial charge in [-0.15, -0.1) is 0 Å². The maximum absolute atomic E-state index is 11.7. The van der Waals surface area contributed by atoms with Gasteiger partial charge in [-0.3, -0.25) is 4.79 Å². The predicted molar refractivity (Wildman–Crippen MR) is 75.7 cm³/mol. The minimum atomic E-state index is -1.15. The Morgan fingerprint density at radius 1 is 1.33 bits per heavy atom. The fourth-order valence-corrected chi connectivity index (χ4v) is 2.01. The van der Waals surface area contributed by atoms with Crippen LogP contribution in [0.1, 0.15) is 18.7 Å². The molecule has 1 amide bonds. The summed E-state index contributed by atoms with van der Waals surface area (Å²) >= 11 is 0. The number of aryl methyl sites for hydroxylation is 1. The van der Waals surface area contributed by atoms with Gasteiger partial charge in [0, 0.05) is 25.9 Å². The Hall–Kier alpha value is -2.41. The lowest BCUT2D eigenvalue weighted by molar-refractivity contribution is -0.142. The van der Waals surface area contributed by atoms with Crippen LogP contribution in [0.2, 0.25) is 0 Å². The summed E-state index contributed by atoms with van der Waals surface area (Å²) in [6.07, 6.45) is 0.521. The van der Waals surface area contributed by atoms with E-state index in [4.69, 9.17) is 10.2 Å². The number of nitrogens with zero attached hydrogens (tertiary/aromatic N) is 1. The van der Waals surface area contributed by atoms with Crippen molar-refractivity contribution in [2.75, 3.05) is 6.61 Å². The van der Waals surface area contributed by atoms with E-state index in [9.17, 15) is 9.59 Å². The Morgan fingerprint density at radius 3 is 2.76 bits per heavy atom. The third-order valence-electron chi connectivity index (χ3n) is 3.08. The summed E-state index contributed by atoms with van der Waals surface area (Å²) in [5.41, 5.74) is 1.73. The van der Waals surface area contributed by atoms with Gasteiger partial charge in [0.15, 0.2) is 0 Å². The summed E-state index contributed by atoms with van der Waals surface area (Å²) < 4.78 is 0. The van der Waals surface area contributed by atoms with Gasteiger partial charge in [-0.1, -0.05) is 12.1 Å². The van der Waals surface area contributed by atoms with Crippen LogP contribution in [0.15, 0.2) is 24.3 Å². The number of fused-ring (bicyclic) bond motifs is 1. The Labute approximate surface area is 121 Å². The Bertz CT molecular complexity index is 605. The van der Waals surface area contributed by atoms with Gasteiger partial charge in [-0.25, -0.2) is 9.78 Å². The third-order valence-corrected chi connectivity index (χ3v) is 3.08. The number of carboxylic acids is 1. The molecular formula is C14H17N3O4. The zero-order valence-electron chi connectivity index (χ0n) is 11.4. The smallest absolute Gasteiger partial charge is 0.326 e. The maximum Gasteiger partial charge on any atom is 0.326 e. The van der Waals surface area contributed by atoms with Gasteiger partial charge in [0.2, 0.25) is 5.91 Å². The fraction of sp³-hybridized carbons (Fsp3) is 0.357. The van der Waals surface area contributed by atoms with Gasteiger partial charge in [0.25, 0.3) is 0 Å². The van der Waals surface area contributed by atoms with E-state index < -0.39 is 12.0 Å². The van der Waals surface area contributed by atoms with E-state index in [1.807, 2.05) is 24.3 Å². The van der Waals surface area contributed by atoms with Crippen LogP contribution in [-0.4, -0.2) is 44.7 Å². The second-order valence-electron chi connectivity index (χ2n) is 4.67. The number of H-pyrrole nitrogens is 1. The maximum atomic E-state index is 11.7. The first kappa shape index (κ1) is 15.0. The van der Waals surface area contributed by atoms with Crippen molar-refractivity contribution in [3.8, 4) is 0 Å². The van der Waals surface area contributed by atoms with Crippen molar-refractivity contribution in [2.45, 2.75) is 25.3 Å². The Kier molecular flexibility index (Phi) is 4.89. The molecule has 0 bridgehead atoms. The van der Waals surface area contributed by atoms with Crippen molar-refractivity contribution in [1.82, 2.24) is 15.3 Å². The monoisotopic (exact) mass is 291 g/mol. The number of carbonyl (C=O) groups excluding carboxylic acids is 1. The van der Waals surface area contributed by atoms with Crippen LogP contribution in [-0.2, 0) is 16.0 Å². The van der Waals surface area contributed by atoms with Crippen LogP contribution < -0.4 is 5.32 Å². The lowest BCUT2D eigenvalue weighted by atomic mass is 10.2. The molecule has 1 aromatic carbocycles. The molecule has 1 aromatic heterocycles. The number of hydrogen-bond acceptors (Lipinski definition) is 4. The van der Waals surface area contributed by atoms with E-state index in [1.165, 1.54) is 0 Å². The summed E-state index contributed by atoms with van der Waals surface area (Å²) in [6, 6.07) is 6.48. The minimum absolute atomic E-state index is 0.00822. The van der Waals surface area contributed by atoms with E-state index in [2.05, 4.69) is 15.3 Å². The number of aromatic nitrogens is 2. The van der Waals surface area contributed by atoms with Gasteiger partial charge in [-0.05, 0) is 12.1 Å². The van der Waals surface area contributed by atoms with E-state index in [-0.39, 0.29) is 25.4 Å². The number of imidazole rings is 1. The molecule has 0 saturated carbocycles. The van der Waals surface area contributed by atoms with Gasteiger partial charge >= 0.3 is 5.97 Å². The second-order valence-corrected chi connectivity index (χ2v) is 4.67. The first-order valence-electron chi connectivity index (χ1n) is 6.67. The van der Waals surface area contributed by atoms with Crippen molar-refractivity contribution in [3.63, 3.8) is 0 Å². The van der Waals surface area contributed by atoms with Crippen molar-refractivity contribution in [1.29, 1.82) is 0 Å². The molecule has 0 radical (unpaired) electrons. The number of hydrogen-bond donors (Lipinski definition) is 4. The average molecular weight is 291 g/mol. The van der Waals surface area contributed by atoms with Crippen LogP contribution in [0.3, 0.4) is 0 Å². The second kappa shape index (κ2) is 6.85. The summed E-state index contributed by atoms with van der Waals surface area (Å²) in [7, 11) is 0. The lowest BCUT2D eigenvalue weighted by Gasteiger charge is -2.12. The zero-order chi connectivity index (χ0) is 15.2. The van der Waals surface area contributed by atoms with Crippen LogP contribution in [0, 0.1) is 0 Å². The topological polar surface area (TPSA) is 115 Å². The number of carbonyl (C=O) groups is 2. The Balaban J connectivity index is 1.89. The van der Waals surface area contributed by atoms with Crippen LogP contribution in [0.25, 0.3) is 11.0 Å². The van der Waals surface area contributed by atoms with Crippen LogP contribution in [0.5, 0.6) is 0 Å². The number of para-hydroxylation sites is 2. The van der Waals surface area contributed by atoms with Crippen molar-refractivity contribution in [3.05, 3.63) is 30.1 Å². The highest BCUT2D eigenvalue weighted by Gasteiger charge is 2.19. The molecule has 0 spiro atoms. The van der Waals surface area contributed by atoms with E-state index in [0.29, 0.717) is 12.2 Å². The number of carboxylic acid groups (broad SMARTS) is 1. The van der Waals surface area contributed by atoms with E-state index >= 15 is 0 Å². The Morgan fingerprint density at radius 2 is 2.10 bits per heavy atom. The van der Waals surface area contributed by atoms with Gasteiger partial charge in [0.1, 0.15) is 11.9 Å². The number of aromatic amines is 1. The summed E-state index contributed by atoms with van der Waals surface area (Å²) in [6.45, 7) is -0.291. The van der Waals surface area contributed by atoms with E-state index in [1.54, 1.807) is 0 Å². The summed E-state index contributed by atoms with van der Waals surface area (Å²) in [5, 5.41) is 20.0. The number of aliphatic carboxylic acids is 1. The SMILES string of the molecule is O=C(CCc1nc2ccccc2[nH]1)N[C@H](CCO)C(=O)O.